The van der Waals surface area contributed by atoms with Crippen molar-refractivity contribution in [2.75, 3.05) is 24.3 Å². The number of rotatable bonds is 4. The molecule has 0 radical (unpaired) electrons. The maximum atomic E-state index is 10.8. The summed E-state index contributed by atoms with van der Waals surface area (Å²) in [4.78, 5) is 19.2. The molecule has 1 aromatic rings. The van der Waals surface area contributed by atoms with Crippen LogP contribution in [0.1, 0.15) is 30.9 Å². The van der Waals surface area contributed by atoms with E-state index in [0.717, 1.165) is 18.7 Å². The van der Waals surface area contributed by atoms with E-state index in [1.165, 1.54) is 0 Å². The maximum Gasteiger partial charge on any atom is 0.306 e. The van der Waals surface area contributed by atoms with Gasteiger partial charge in [0.25, 0.3) is 0 Å². The summed E-state index contributed by atoms with van der Waals surface area (Å²) < 4.78 is 5.36. The molecule has 0 unspecified atom stereocenters. The Morgan fingerprint density at radius 1 is 1.45 bits per heavy atom. The third kappa shape index (κ3) is 2.67. The number of carbonyl (C=O) groups is 1. The predicted octanol–water partition coefficient (Wildman–Crippen LogP) is 0.838. The Morgan fingerprint density at radius 3 is 2.90 bits per heavy atom. The number of hydrogen-bond acceptors (Lipinski definition) is 6. The van der Waals surface area contributed by atoms with Crippen LogP contribution in [0.3, 0.4) is 0 Å². The highest BCUT2D eigenvalue weighted by Crippen LogP contribution is 2.31. The van der Waals surface area contributed by atoms with Crippen molar-refractivity contribution in [3.63, 3.8) is 0 Å². The Labute approximate surface area is 116 Å². The van der Waals surface area contributed by atoms with Crippen molar-refractivity contribution in [2.45, 2.75) is 31.2 Å². The normalized spacial score (nSPS) is 28.9. The van der Waals surface area contributed by atoms with Gasteiger partial charge in [0.1, 0.15) is 5.82 Å². The molecule has 20 heavy (non-hydrogen) atoms. The summed E-state index contributed by atoms with van der Waals surface area (Å²) in [5.41, 5.74) is 6.64. The molecule has 7 heteroatoms. The fraction of sp³-hybridized carbons (Fsp3) is 0.615. The van der Waals surface area contributed by atoms with Gasteiger partial charge in [0, 0.05) is 24.6 Å². The lowest BCUT2D eigenvalue weighted by atomic mass is 9.80. The topological polar surface area (TPSA) is 110 Å². The third-order valence-corrected chi connectivity index (χ3v) is 3.95. The predicted molar refractivity (Wildman–Crippen MR) is 72.4 cm³/mol. The molecule has 1 saturated heterocycles. The highest BCUT2D eigenvalue weighted by atomic mass is 16.5. The molecule has 1 aromatic heterocycles. The molecule has 108 valence electrons. The number of anilines is 2. The number of aromatic nitrogens is 2. The number of nitrogens with zero attached hydrogens (tertiary/aromatic N) is 2. The number of aliphatic carboxylic acids is 1. The summed E-state index contributed by atoms with van der Waals surface area (Å²) in [6.45, 7) is 1.42. The number of nitrogens with two attached hydrogens (primary N) is 1. The highest BCUT2D eigenvalue weighted by Gasteiger charge is 2.34. The summed E-state index contributed by atoms with van der Waals surface area (Å²) in [6, 6.07) is 2.04. The molecule has 1 saturated carbocycles. The van der Waals surface area contributed by atoms with Crippen molar-refractivity contribution < 1.29 is 14.6 Å². The van der Waals surface area contributed by atoms with Crippen LogP contribution < -0.4 is 11.1 Å². The van der Waals surface area contributed by atoms with Crippen molar-refractivity contribution in [3.05, 3.63) is 11.8 Å². The van der Waals surface area contributed by atoms with E-state index in [1.54, 1.807) is 0 Å². The number of carboxylic acid groups (broad SMARTS) is 1. The van der Waals surface area contributed by atoms with E-state index in [4.69, 9.17) is 15.6 Å². The van der Waals surface area contributed by atoms with E-state index < -0.39 is 5.97 Å². The minimum Gasteiger partial charge on any atom is -0.481 e. The van der Waals surface area contributed by atoms with Gasteiger partial charge in [-0.25, -0.2) is 4.98 Å². The highest BCUT2D eigenvalue weighted by molar-refractivity contribution is 5.71. The zero-order valence-electron chi connectivity index (χ0n) is 11.1. The van der Waals surface area contributed by atoms with Crippen molar-refractivity contribution in [2.24, 2.45) is 5.92 Å². The second-order valence-corrected chi connectivity index (χ2v) is 5.44. The number of nitrogens with one attached hydrogen (secondary N) is 1. The fourth-order valence-corrected chi connectivity index (χ4v) is 2.68. The number of hydrogen-bond donors (Lipinski definition) is 3. The smallest absolute Gasteiger partial charge is 0.306 e. The lowest BCUT2D eigenvalue weighted by molar-refractivity contribution is -0.144. The fourth-order valence-electron chi connectivity index (χ4n) is 2.68. The molecule has 1 aliphatic carbocycles. The van der Waals surface area contributed by atoms with Crippen LogP contribution in [0.15, 0.2) is 6.07 Å². The van der Waals surface area contributed by atoms with Gasteiger partial charge in [0.15, 0.2) is 0 Å². The van der Waals surface area contributed by atoms with E-state index in [9.17, 15) is 4.79 Å². The molecule has 3 rings (SSSR count). The van der Waals surface area contributed by atoms with Crippen LogP contribution in [0, 0.1) is 5.92 Å². The van der Waals surface area contributed by atoms with Crippen LogP contribution in [-0.2, 0) is 9.53 Å². The zero-order valence-corrected chi connectivity index (χ0v) is 11.1. The van der Waals surface area contributed by atoms with Gasteiger partial charge in [0.2, 0.25) is 5.95 Å². The third-order valence-electron chi connectivity index (χ3n) is 3.95. The van der Waals surface area contributed by atoms with Gasteiger partial charge >= 0.3 is 5.97 Å². The van der Waals surface area contributed by atoms with Crippen molar-refractivity contribution in [3.8, 4) is 0 Å². The standard InChI is InChI=1S/C13H18N4O3/c14-13-16-10(7-1-2-20-6-7)5-11(17-13)15-9-3-8(4-9)12(18)19/h5,7-9H,1-4,6H2,(H,18,19)(H3,14,15,16,17)/t7-,8?,9?/m0/s1. The van der Waals surface area contributed by atoms with Crippen LogP contribution in [0.4, 0.5) is 11.8 Å². The Kier molecular flexibility index (Phi) is 3.43. The number of ether oxygens (including phenoxy) is 1. The van der Waals surface area contributed by atoms with Crippen LogP contribution in [-0.4, -0.2) is 40.3 Å². The van der Waals surface area contributed by atoms with E-state index >= 15 is 0 Å². The quantitative estimate of drug-likeness (QED) is 0.748. The van der Waals surface area contributed by atoms with E-state index in [2.05, 4.69) is 15.3 Å². The summed E-state index contributed by atoms with van der Waals surface area (Å²) >= 11 is 0. The lowest BCUT2D eigenvalue weighted by Crippen LogP contribution is -2.39. The largest absolute Gasteiger partial charge is 0.481 e. The number of carboxylic acids is 1. The van der Waals surface area contributed by atoms with E-state index in [1.807, 2.05) is 6.07 Å². The molecule has 0 aromatic carbocycles. The molecule has 0 bridgehead atoms. The SMILES string of the molecule is Nc1nc(NC2CC(C(=O)O)C2)cc([C@H]2CCOC2)n1. The summed E-state index contributed by atoms with van der Waals surface area (Å²) in [5, 5.41) is 12.1. The first-order valence-electron chi connectivity index (χ1n) is 6.83. The first-order chi connectivity index (χ1) is 9.61. The first kappa shape index (κ1) is 13.1. The van der Waals surface area contributed by atoms with Crippen LogP contribution in [0.2, 0.25) is 0 Å². The van der Waals surface area contributed by atoms with Crippen LogP contribution >= 0.6 is 0 Å². The average Bonchev–Trinajstić information content (AvgIpc) is 2.85. The molecule has 4 N–H and O–H groups in total. The monoisotopic (exact) mass is 278 g/mol. The van der Waals surface area contributed by atoms with Gasteiger partial charge in [-0.15, -0.1) is 0 Å². The molecule has 0 spiro atoms. The second-order valence-electron chi connectivity index (χ2n) is 5.44. The van der Waals surface area contributed by atoms with Crippen molar-refractivity contribution >= 4 is 17.7 Å². The van der Waals surface area contributed by atoms with E-state index in [-0.39, 0.29) is 23.8 Å². The Balaban J connectivity index is 1.66. The van der Waals surface area contributed by atoms with Crippen LogP contribution in [0.25, 0.3) is 0 Å². The molecule has 2 aliphatic rings. The molecular weight excluding hydrogens is 260 g/mol. The maximum absolute atomic E-state index is 10.8. The van der Waals surface area contributed by atoms with Gasteiger partial charge in [0.05, 0.1) is 18.2 Å². The number of nitrogen functional groups attached to an aromatic ring is 1. The molecule has 1 atom stereocenters. The summed E-state index contributed by atoms with van der Waals surface area (Å²) in [5.74, 6) is 0.219. The zero-order chi connectivity index (χ0) is 14.1. The Hall–Kier alpha value is -1.89. The average molecular weight is 278 g/mol. The van der Waals surface area contributed by atoms with Crippen LogP contribution in [0.5, 0.6) is 0 Å². The molecule has 2 heterocycles. The van der Waals surface area contributed by atoms with Gasteiger partial charge in [-0.2, -0.15) is 4.98 Å². The molecule has 7 nitrogen and oxygen atoms in total. The van der Waals surface area contributed by atoms with Gasteiger partial charge in [-0.3, -0.25) is 4.79 Å². The Morgan fingerprint density at radius 2 is 2.25 bits per heavy atom. The molecular formula is C13H18N4O3. The minimum absolute atomic E-state index is 0.151. The van der Waals surface area contributed by atoms with Gasteiger partial charge in [-0.1, -0.05) is 0 Å². The van der Waals surface area contributed by atoms with Crippen molar-refractivity contribution in [1.29, 1.82) is 0 Å². The lowest BCUT2D eigenvalue weighted by Gasteiger charge is -2.33. The summed E-state index contributed by atoms with van der Waals surface area (Å²) in [6.07, 6.45) is 2.20. The summed E-state index contributed by atoms with van der Waals surface area (Å²) in [7, 11) is 0. The van der Waals surface area contributed by atoms with Gasteiger partial charge in [-0.05, 0) is 19.3 Å². The first-order valence-corrected chi connectivity index (χ1v) is 6.83. The van der Waals surface area contributed by atoms with E-state index in [0.29, 0.717) is 25.3 Å². The molecule has 0 amide bonds. The molecule has 1 aliphatic heterocycles. The Bertz CT molecular complexity index is 510. The van der Waals surface area contributed by atoms with Gasteiger partial charge < -0.3 is 20.9 Å². The second kappa shape index (κ2) is 5.24. The minimum atomic E-state index is -0.728. The van der Waals surface area contributed by atoms with Crippen molar-refractivity contribution in [1.82, 2.24) is 9.97 Å². The molecule has 2 fully saturated rings.